The van der Waals surface area contributed by atoms with Crippen molar-refractivity contribution >= 4 is 21.7 Å². The average Bonchev–Trinajstić information content (AvgIpc) is 2.85. The molecule has 0 aliphatic heterocycles. The van der Waals surface area contributed by atoms with Crippen molar-refractivity contribution in [1.82, 2.24) is 4.98 Å². The van der Waals surface area contributed by atoms with Gasteiger partial charge in [0.2, 0.25) is 0 Å². The standard InChI is InChI=1S/C14H10N.C6H5.4C2H6.CH3.Pd/c1-10-4-2-5-11-7-8-12-6-3-9-15-14(12)13(10)11;1-2-4-6-5-3-1;4*1-2;;/h2-9H,1H2;1-5H;4*1-2H3;1H3;/q2*-1;;;;;-1;. The molecule has 4 rings (SSSR count). The van der Waals surface area contributed by atoms with E-state index < -0.39 is 0 Å². The minimum atomic E-state index is 0. The summed E-state index contributed by atoms with van der Waals surface area (Å²) in [5.74, 6) is 0. The number of aromatic nitrogens is 1. The fourth-order valence-corrected chi connectivity index (χ4v) is 2.33. The van der Waals surface area contributed by atoms with Crippen LogP contribution in [-0.2, 0) is 20.4 Å². The van der Waals surface area contributed by atoms with Gasteiger partial charge in [-0.2, -0.15) is 55.0 Å². The number of hydrogen-bond donors (Lipinski definition) is 0. The van der Waals surface area contributed by atoms with Gasteiger partial charge in [-0.3, -0.25) is 4.98 Å². The minimum absolute atomic E-state index is 0. The van der Waals surface area contributed by atoms with E-state index in [4.69, 9.17) is 0 Å². The predicted octanol–water partition coefficient (Wildman–Crippen LogP) is 9.61. The monoisotopic (exact) mass is 510 g/mol. The van der Waals surface area contributed by atoms with Gasteiger partial charge >= 0.3 is 0 Å². The SMILES string of the molecule is CC.CC.CC.CC.[CH2-]c1cccc2ccc3cccnc3c12.[CH3-].[Pd].[c-]1ccccc1. The van der Waals surface area contributed by atoms with Gasteiger partial charge in [0.15, 0.2) is 0 Å². The molecule has 0 saturated heterocycles. The van der Waals surface area contributed by atoms with E-state index in [9.17, 15) is 0 Å². The van der Waals surface area contributed by atoms with Crippen LogP contribution in [0, 0.1) is 20.4 Å². The molecule has 1 nitrogen and oxygen atoms in total. The summed E-state index contributed by atoms with van der Waals surface area (Å²) in [4.78, 5) is 4.43. The molecule has 0 unspecified atom stereocenters. The molecule has 2 heteroatoms. The number of hydrogen-bond acceptors (Lipinski definition) is 1. The normalized spacial score (nSPS) is 7.61. The predicted molar refractivity (Wildman–Crippen MR) is 141 cm³/mol. The molecule has 1 aromatic heterocycles. The van der Waals surface area contributed by atoms with Gasteiger partial charge in [0, 0.05) is 32.1 Å². The summed E-state index contributed by atoms with van der Waals surface area (Å²) in [5, 5.41) is 3.53. The Kier molecular flexibility index (Phi) is 30.3. The van der Waals surface area contributed by atoms with Crippen molar-refractivity contribution in [3.8, 4) is 0 Å². The summed E-state index contributed by atoms with van der Waals surface area (Å²) in [5.41, 5.74) is 2.08. The van der Waals surface area contributed by atoms with Crippen LogP contribution in [-0.4, -0.2) is 4.98 Å². The number of benzene rings is 3. The number of nitrogens with zero attached hydrogens (tertiary/aromatic N) is 1. The van der Waals surface area contributed by atoms with Gasteiger partial charge in [-0.1, -0.05) is 90.4 Å². The fourth-order valence-electron chi connectivity index (χ4n) is 2.33. The Morgan fingerprint density at radius 2 is 1.16 bits per heavy atom. The second kappa shape index (κ2) is 25.9. The molecule has 176 valence electrons. The van der Waals surface area contributed by atoms with Crippen molar-refractivity contribution in [1.29, 1.82) is 0 Å². The molecule has 4 aromatic rings. The molecular weight excluding hydrogens is 469 g/mol. The first-order chi connectivity index (χ1) is 14.4. The molecule has 0 amide bonds. The van der Waals surface area contributed by atoms with Crippen molar-refractivity contribution in [3.05, 3.63) is 105 Å². The number of pyridine rings is 1. The van der Waals surface area contributed by atoms with E-state index in [-0.39, 0.29) is 27.8 Å². The van der Waals surface area contributed by atoms with E-state index in [0.717, 1.165) is 16.5 Å². The van der Waals surface area contributed by atoms with Gasteiger partial charge in [0.05, 0.1) is 0 Å². The van der Waals surface area contributed by atoms with Crippen LogP contribution in [0.15, 0.2) is 79.0 Å². The molecule has 0 saturated carbocycles. The molecule has 0 fully saturated rings. The van der Waals surface area contributed by atoms with Crippen LogP contribution in [0.25, 0.3) is 21.7 Å². The van der Waals surface area contributed by atoms with Crippen molar-refractivity contribution in [3.63, 3.8) is 0 Å². The molecule has 0 aliphatic rings. The van der Waals surface area contributed by atoms with Gasteiger partial charge in [0.25, 0.3) is 0 Å². The van der Waals surface area contributed by atoms with Gasteiger partial charge < -0.3 is 7.43 Å². The molecule has 0 atom stereocenters. The van der Waals surface area contributed by atoms with E-state index in [2.05, 4.69) is 42.2 Å². The molecule has 31 heavy (non-hydrogen) atoms. The Morgan fingerprint density at radius 3 is 1.65 bits per heavy atom. The minimum Gasteiger partial charge on any atom is -0.358 e. The van der Waals surface area contributed by atoms with Crippen LogP contribution in [0.4, 0.5) is 0 Å². The Balaban J connectivity index is -0.000000194. The molecule has 0 N–H and O–H groups in total. The quantitative estimate of drug-likeness (QED) is 0.130. The maximum absolute atomic E-state index is 4.43. The molecule has 0 bridgehead atoms. The van der Waals surface area contributed by atoms with E-state index in [1.54, 1.807) is 0 Å². The van der Waals surface area contributed by atoms with E-state index in [0.29, 0.717) is 0 Å². The summed E-state index contributed by atoms with van der Waals surface area (Å²) >= 11 is 0. The van der Waals surface area contributed by atoms with Gasteiger partial charge in [-0.25, -0.2) is 0 Å². The Morgan fingerprint density at radius 1 is 0.645 bits per heavy atom. The van der Waals surface area contributed by atoms with E-state index in [1.807, 2.05) is 110 Å². The first-order valence-electron chi connectivity index (χ1n) is 10.9. The van der Waals surface area contributed by atoms with E-state index in [1.165, 1.54) is 10.8 Å². The topological polar surface area (TPSA) is 12.9 Å². The Labute approximate surface area is 207 Å². The zero-order valence-electron chi connectivity index (χ0n) is 21.0. The summed E-state index contributed by atoms with van der Waals surface area (Å²) in [6, 6.07) is 26.9. The number of fused-ring (bicyclic) bond motifs is 3. The largest absolute Gasteiger partial charge is 0.358 e. The maximum atomic E-state index is 4.43. The van der Waals surface area contributed by atoms with Crippen molar-refractivity contribution in [2.24, 2.45) is 0 Å². The average molecular weight is 511 g/mol. The number of rotatable bonds is 0. The third kappa shape index (κ3) is 13.0. The zero-order chi connectivity index (χ0) is 22.5. The van der Waals surface area contributed by atoms with Crippen LogP contribution in [0.5, 0.6) is 0 Å². The van der Waals surface area contributed by atoms with Crippen molar-refractivity contribution in [2.75, 3.05) is 0 Å². The van der Waals surface area contributed by atoms with Gasteiger partial charge in [-0.05, 0) is 11.5 Å². The zero-order valence-corrected chi connectivity index (χ0v) is 22.5. The van der Waals surface area contributed by atoms with Crippen LogP contribution >= 0.6 is 0 Å². The summed E-state index contributed by atoms with van der Waals surface area (Å²) in [7, 11) is 0. The molecule has 1 heterocycles. The summed E-state index contributed by atoms with van der Waals surface area (Å²) in [6.45, 7) is 20.1. The second-order valence-corrected chi connectivity index (χ2v) is 4.73. The maximum Gasteiger partial charge on any atom is 0.0262 e. The molecule has 0 radical (unpaired) electrons. The third-order valence-electron chi connectivity index (χ3n) is 3.31. The van der Waals surface area contributed by atoms with Crippen LogP contribution in [0.3, 0.4) is 0 Å². The smallest absolute Gasteiger partial charge is 0.0262 e. The molecule has 3 aromatic carbocycles. The van der Waals surface area contributed by atoms with Gasteiger partial charge in [0.1, 0.15) is 0 Å². The van der Waals surface area contributed by atoms with Crippen LogP contribution < -0.4 is 0 Å². The van der Waals surface area contributed by atoms with Crippen molar-refractivity contribution < 1.29 is 20.4 Å². The first-order valence-corrected chi connectivity index (χ1v) is 10.9. The summed E-state index contributed by atoms with van der Waals surface area (Å²) < 4.78 is 0. The van der Waals surface area contributed by atoms with Crippen molar-refractivity contribution in [2.45, 2.75) is 55.4 Å². The van der Waals surface area contributed by atoms with Crippen LogP contribution in [0.2, 0.25) is 0 Å². The summed E-state index contributed by atoms with van der Waals surface area (Å²) in [6.07, 6.45) is 1.83. The molecular formula is C29H42NPd-3. The molecule has 0 spiro atoms. The van der Waals surface area contributed by atoms with Gasteiger partial charge in [-0.15, -0.1) is 6.07 Å². The Bertz CT molecular complexity index is 831. The second-order valence-electron chi connectivity index (χ2n) is 4.73. The van der Waals surface area contributed by atoms with Crippen LogP contribution in [0.1, 0.15) is 61.0 Å². The molecule has 0 aliphatic carbocycles. The Hall–Kier alpha value is -2.14. The van der Waals surface area contributed by atoms with E-state index >= 15 is 0 Å². The first kappa shape index (κ1) is 36.2. The fraction of sp³-hybridized carbons (Fsp3) is 0.276. The third-order valence-corrected chi connectivity index (χ3v) is 3.31.